The molecule has 0 saturated carbocycles. The second-order valence-corrected chi connectivity index (χ2v) is 6.66. The third-order valence-electron chi connectivity index (χ3n) is 5.08. The molecule has 0 fully saturated rings. The Morgan fingerprint density at radius 2 is 1.37 bits per heavy atom. The van der Waals surface area contributed by atoms with E-state index in [-0.39, 0.29) is 0 Å². The van der Waals surface area contributed by atoms with Crippen LogP contribution >= 0.6 is 0 Å². The average Bonchev–Trinajstić information content (AvgIpc) is 2.71. The van der Waals surface area contributed by atoms with Gasteiger partial charge in [-0.15, -0.1) is 0 Å². The Bertz CT molecular complexity index is 1000. The van der Waals surface area contributed by atoms with Gasteiger partial charge < -0.3 is 0 Å². The predicted octanol–water partition coefficient (Wildman–Crippen LogP) is 7.78. The van der Waals surface area contributed by atoms with Crippen LogP contribution in [0.4, 0.5) is 0 Å². The van der Waals surface area contributed by atoms with E-state index >= 15 is 0 Å². The van der Waals surface area contributed by atoms with Crippen LogP contribution in [0.5, 0.6) is 0 Å². The van der Waals surface area contributed by atoms with Crippen molar-refractivity contribution in [1.82, 2.24) is 0 Å². The summed E-state index contributed by atoms with van der Waals surface area (Å²) in [5.74, 6) is 0. The first-order chi connectivity index (χ1) is 13.2. The van der Waals surface area contributed by atoms with E-state index < -0.39 is 0 Å². The first-order valence-electron chi connectivity index (χ1n) is 9.38. The molecule has 0 saturated heterocycles. The van der Waals surface area contributed by atoms with Crippen molar-refractivity contribution in [3.63, 3.8) is 0 Å². The standard InChI is InChI=1S/C27H26/c1-5-7-13-22(6-2)24-16-11-18-26(20(24)3)27-19-12-17-25(21(27)4)23-14-9-8-10-15-23/h5-19H,1H2,2-4H3/b13-7-,22-6+. The minimum atomic E-state index is 1.21. The molecule has 0 nitrogen and oxygen atoms in total. The van der Waals surface area contributed by atoms with Gasteiger partial charge >= 0.3 is 0 Å². The van der Waals surface area contributed by atoms with Crippen molar-refractivity contribution in [2.24, 2.45) is 0 Å². The van der Waals surface area contributed by atoms with E-state index in [9.17, 15) is 0 Å². The zero-order valence-electron chi connectivity index (χ0n) is 16.4. The maximum Gasteiger partial charge on any atom is -0.0146 e. The molecule has 0 aliphatic heterocycles. The molecule has 0 bridgehead atoms. The van der Waals surface area contributed by atoms with Crippen LogP contribution in [-0.4, -0.2) is 0 Å². The van der Waals surface area contributed by atoms with Gasteiger partial charge in [0, 0.05) is 0 Å². The predicted molar refractivity (Wildman–Crippen MR) is 120 cm³/mol. The molecule has 3 aromatic rings. The van der Waals surface area contributed by atoms with Crippen LogP contribution < -0.4 is 0 Å². The quantitative estimate of drug-likeness (QED) is 0.412. The summed E-state index contributed by atoms with van der Waals surface area (Å²) in [6.45, 7) is 10.3. The van der Waals surface area contributed by atoms with Crippen molar-refractivity contribution < 1.29 is 0 Å². The SMILES string of the molecule is C=C/C=C\C(=C/C)c1cccc(-c2cccc(-c3ccccc3)c2C)c1C. The maximum atomic E-state index is 3.78. The molecule has 0 amide bonds. The lowest BCUT2D eigenvalue weighted by Gasteiger charge is -2.16. The van der Waals surface area contributed by atoms with Gasteiger partial charge in [-0.1, -0.05) is 97.6 Å². The number of hydrogen-bond donors (Lipinski definition) is 0. The fourth-order valence-corrected chi connectivity index (χ4v) is 3.61. The minimum absolute atomic E-state index is 1.21. The fraction of sp³-hybridized carbons (Fsp3) is 0.111. The highest BCUT2D eigenvalue weighted by Crippen LogP contribution is 2.35. The molecule has 27 heavy (non-hydrogen) atoms. The van der Waals surface area contributed by atoms with Crippen molar-refractivity contribution in [3.05, 3.63) is 114 Å². The van der Waals surface area contributed by atoms with Gasteiger partial charge in [-0.05, 0) is 65.3 Å². The Hall–Kier alpha value is -3.12. The van der Waals surface area contributed by atoms with Gasteiger partial charge in [0.25, 0.3) is 0 Å². The first kappa shape index (κ1) is 18.7. The third-order valence-corrected chi connectivity index (χ3v) is 5.08. The molecule has 0 N–H and O–H groups in total. The van der Waals surface area contributed by atoms with Crippen LogP contribution in [0.1, 0.15) is 23.6 Å². The van der Waals surface area contributed by atoms with Crippen LogP contribution in [0.2, 0.25) is 0 Å². The molecule has 0 aliphatic carbocycles. The molecule has 0 spiro atoms. The number of rotatable bonds is 5. The number of benzene rings is 3. The lowest BCUT2D eigenvalue weighted by Crippen LogP contribution is -1.94. The highest BCUT2D eigenvalue weighted by molar-refractivity contribution is 5.84. The topological polar surface area (TPSA) is 0 Å². The molecule has 3 aromatic carbocycles. The van der Waals surface area contributed by atoms with Gasteiger partial charge in [0.15, 0.2) is 0 Å². The summed E-state index contributed by atoms with van der Waals surface area (Å²) < 4.78 is 0. The molecule has 0 radical (unpaired) electrons. The second-order valence-electron chi connectivity index (χ2n) is 6.66. The zero-order chi connectivity index (χ0) is 19.2. The molecule has 3 rings (SSSR count). The first-order valence-corrected chi connectivity index (χ1v) is 9.38. The van der Waals surface area contributed by atoms with Gasteiger partial charge in [0.2, 0.25) is 0 Å². The summed E-state index contributed by atoms with van der Waals surface area (Å²) in [5.41, 5.74) is 10.2. The van der Waals surface area contributed by atoms with Gasteiger partial charge in [0.1, 0.15) is 0 Å². The summed E-state index contributed by atoms with van der Waals surface area (Å²) in [6, 6.07) is 23.8. The highest BCUT2D eigenvalue weighted by Gasteiger charge is 2.12. The van der Waals surface area contributed by atoms with E-state index in [1.165, 1.54) is 44.5 Å². The molecule has 134 valence electrons. The van der Waals surface area contributed by atoms with Crippen LogP contribution in [0.25, 0.3) is 27.8 Å². The summed E-state index contributed by atoms with van der Waals surface area (Å²) in [7, 11) is 0. The van der Waals surface area contributed by atoms with Crippen LogP contribution in [0, 0.1) is 13.8 Å². The third kappa shape index (κ3) is 3.85. The Labute approximate surface area is 163 Å². The molecule has 0 unspecified atom stereocenters. The van der Waals surface area contributed by atoms with Gasteiger partial charge in [-0.3, -0.25) is 0 Å². The summed E-state index contributed by atoms with van der Waals surface area (Å²) in [4.78, 5) is 0. The Balaban J connectivity index is 2.15. The van der Waals surface area contributed by atoms with Crippen LogP contribution in [-0.2, 0) is 0 Å². The van der Waals surface area contributed by atoms with Crippen LogP contribution in [0.15, 0.2) is 97.6 Å². The minimum Gasteiger partial charge on any atom is -0.0991 e. The van der Waals surface area contributed by atoms with E-state index in [0.717, 1.165) is 0 Å². The Kier molecular flexibility index (Phi) is 5.88. The van der Waals surface area contributed by atoms with Crippen molar-refractivity contribution in [2.75, 3.05) is 0 Å². The normalized spacial score (nSPS) is 11.7. The number of hydrogen-bond acceptors (Lipinski definition) is 0. The molecule has 0 aliphatic rings. The molecular formula is C27H26. The largest absolute Gasteiger partial charge is 0.0991 e. The van der Waals surface area contributed by atoms with E-state index in [1.807, 2.05) is 12.2 Å². The lowest BCUT2D eigenvalue weighted by atomic mass is 9.88. The van der Waals surface area contributed by atoms with Gasteiger partial charge in [0.05, 0.1) is 0 Å². The summed E-state index contributed by atoms with van der Waals surface area (Å²) >= 11 is 0. The molecular weight excluding hydrogens is 324 g/mol. The van der Waals surface area contributed by atoms with E-state index in [4.69, 9.17) is 0 Å². The summed E-state index contributed by atoms with van der Waals surface area (Å²) in [6.07, 6.45) is 8.07. The second kappa shape index (κ2) is 8.51. The molecule has 0 atom stereocenters. The van der Waals surface area contributed by atoms with E-state index in [0.29, 0.717) is 0 Å². The van der Waals surface area contributed by atoms with Crippen LogP contribution in [0.3, 0.4) is 0 Å². The van der Waals surface area contributed by atoms with Crippen molar-refractivity contribution in [1.29, 1.82) is 0 Å². The Morgan fingerprint density at radius 1 is 0.741 bits per heavy atom. The van der Waals surface area contributed by atoms with E-state index in [2.05, 4.69) is 106 Å². The van der Waals surface area contributed by atoms with Crippen molar-refractivity contribution >= 4 is 5.57 Å². The lowest BCUT2D eigenvalue weighted by molar-refractivity contribution is 1.38. The molecule has 0 heterocycles. The summed E-state index contributed by atoms with van der Waals surface area (Å²) in [5, 5.41) is 0. The zero-order valence-corrected chi connectivity index (χ0v) is 16.4. The van der Waals surface area contributed by atoms with Crippen molar-refractivity contribution in [3.8, 4) is 22.3 Å². The monoisotopic (exact) mass is 350 g/mol. The fourth-order valence-electron chi connectivity index (χ4n) is 3.61. The molecule has 0 aromatic heterocycles. The average molecular weight is 351 g/mol. The Morgan fingerprint density at radius 3 is 2.04 bits per heavy atom. The van der Waals surface area contributed by atoms with E-state index in [1.54, 1.807) is 0 Å². The highest BCUT2D eigenvalue weighted by atomic mass is 14.2. The maximum absolute atomic E-state index is 3.78. The van der Waals surface area contributed by atoms with Gasteiger partial charge in [-0.25, -0.2) is 0 Å². The van der Waals surface area contributed by atoms with Gasteiger partial charge in [-0.2, -0.15) is 0 Å². The number of allylic oxidation sites excluding steroid dienone is 5. The smallest absolute Gasteiger partial charge is 0.0146 e. The molecule has 0 heteroatoms. The van der Waals surface area contributed by atoms with Crippen molar-refractivity contribution in [2.45, 2.75) is 20.8 Å².